The summed E-state index contributed by atoms with van der Waals surface area (Å²) in [6.07, 6.45) is 2.98. The van der Waals surface area contributed by atoms with Gasteiger partial charge in [-0.25, -0.2) is 0 Å². The van der Waals surface area contributed by atoms with Crippen LogP contribution in [0.5, 0.6) is 11.5 Å². The van der Waals surface area contributed by atoms with E-state index in [0.717, 1.165) is 37.3 Å². The van der Waals surface area contributed by atoms with Crippen molar-refractivity contribution < 1.29 is 9.47 Å². The van der Waals surface area contributed by atoms with E-state index in [4.69, 9.17) is 9.47 Å². The van der Waals surface area contributed by atoms with Crippen LogP contribution in [0.25, 0.3) is 0 Å². The van der Waals surface area contributed by atoms with Gasteiger partial charge in [-0.3, -0.25) is 0 Å². The van der Waals surface area contributed by atoms with Crippen molar-refractivity contribution in [2.75, 3.05) is 20.8 Å². The van der Waals surface area contributed by atoms with Crippen LogP contribution in [0.1, 0.15) is 16.7 Å². The predicted molar refractivity (Wildman–Crippen MR) is 115 cm³/mol. The van der Waals surface area contributed by atoms with Crippen molar-refractivity contribution in [2.24, 2.45) is 0 Å². The zero-order chi connectivity index (χ0) is 19.6. The summed E-state index contributed by atoms with van der Waals surface area (Å²) < 4.78 is 10.7. The van der Waals surface area contributed by atoms with Gasteiger partial charge < -0.3 is 14.8 Å². The highest BCUT2D eigenvalue weighted by Gasteiger charge is 2.11. The molecule has 0 fully saturated rings. The minimum atomic E-state index is 0.393. The zero-order valence-electron chi connectivity index (χ0n) is 16.7. The summed E-state index contributed by atoms with van der Waals surface area (Å²) in [6, 6.07) is 27.9. The average molecular weight is 376 g/mol. The number of hydrogen-bond donors (Lipinski definition) is 1. The van der Waals surface area contributed by atoms with E-state index >= 15 is 0 Å². The van der Waals surface area contributed by atoms with Gasteiger partial charge in [0.1, 0.15) is 0 Å². The molecular formula is C25H29NO2. The van der Waals surface area contributed by atoms with Gasteiger partial charge in [-0.1, -0.05) is 66.7 Å². The molecule has 28 heavy (non-hydrogen) atoms. The van der Waals surface area contributed by atoms with Crippen LogP contribution in [0.15, 0.2) is 78.9 Å². The highest BCUT2D eigenvalue weighted by Crippen LogP contribution is 2.27. The molecule has 0 spiro atoms. The van der Waals surface area contributed by atoms with Crippen LogP contribution in [-0.2, 0) is 19.3 Å². The molecule has 0 saturated heterocycles. The van der Waals surface area contributed by atoms with Crippen LogP contribution in [0.4, 0.5) is 0 Å². The third kappa shape index (κ3) is 5.86. The summed E-state index contributed by atoms with van der Waals surface area (Å²) in [5.41, 5.74) is 3.97. The second kappa shape index (κ2) is 10.5. The second-order valence-electron chi connectivity index (χ2n) is 6.97. The second-order valence-corrected chi connectivity index (χ2v) is 6.97. The SMILES string of the molecule is COc1ccc(CCNC(Cc2ccccc2)Cc2ccccc2)cc1OC. The van der Waals surface area contributed by atoms with Gasteiger partial charge in [-0.2, -0.15) is 0 Å². The van der Waals surface area contributed by atoms with E-state index in [1.54, 1.807) is 14.2 Å². The molecule has 0 heterocycles. The Hall–Kier alpha value is -2.78. The quantitative estimate of drug-likeness (QED) is 0.558. The fourth-order valence-electron chi connectivity index (χ4n) is 3.47. The maximum atomic E-state index is 5.42. The summed E-state index contributed by atoms with van der Waals surface area (Å²) in [4.78, 5) is 0. The van der Waals surface area contributed by atoms with Crippen molar-refractivity contribution in [3.8, 4) is 11.5 Å². The number of hydrogen-bond acceptors (Lipinski definition) is 3. The number of rotatable bonds is 10. The minimum absolute atomic E-state index is 0.393. The normalized spacial score (nSPS) is 10.8. The van der Waals surface area contributed by atoms with Gasteiger partial charge in [0.2, 0.25) is 0 Å². The molecule has 0 unspecified atom stereocenters. The van der Waals surface area contributed by atoms with E-state index in [0.29, 0.717) is 6.04 Å². The molecule has 0 aliphatic carbocycles. The lowest BCUT2D eigenvalue weighted by Crippen LogP contribution is -2.34. The first-order valence-electron chi connectivity index (χ1n) is 9.80. The molecular weight excluding hydrogens is 346 g/mol. The van der Waals surface area contributed by atoms with Gasteiger partial charge in [-0.05, 0) is 54.6 Å². The lowest BCUT2D eigenvalue weighted by Gasteiger charge is -2.19. The molecule has 0 radical (unpaired) electrons. The van der Waals surface area contributed by atoms with E-state index < -0.39 is 0 Å². The van der Waals surface area contributed by atoms with E-state index in [1.165, 1.54) is 16.7 Å². The molecule has 3 aromatic carbocycles. The number of methoxy groups -OCH3 is 2. The Balaban J connectivity index is 1.62. The average Bonchev–Trinajstić information content (AvgIpc) is 2.75. The molecule has 3 aromatic rings. The monoisotopic (exact) mass is 375 g/mol. The Labute approximate surface area is 168 Å². The third-order valence-electron chi connectivity index (χ3n) is 4.94. The van der Waals surface area contributed by atoms with Crippen LogP contribution in [0.2, 0.25) is 0 Å². The Morgan fingerprint density at radius 3 is 1.79 bits per heavy atom. The van der Waals surface area contributed by atoms with Gasteiger partial charge in [0.05, 0.1) is 14.2 Å². The van der Waals surface area contributed by atoms with Gasteiger partial charge >= 0.3 is 0 Å². The van der Waals surface area contributed by atoms with Crippen molar-refractivity contribution in [3.05, 3.63) is 95.6 Å². The first-order valence-corrected chi connectivity index (χ1v) is 9.80. The van der Waals surface area contributed by atoms with Crippen molar-refractivity contribution in [1.82, 2.24) is 5.32 Å². The summed E-state index contributed by atoms with van der Waals surface area (Å²) in [5, 5.41) is 3.76. The number of ether oxygens (including phenoxy) is 2. The van der Waals surface area contributed by atoms with Gasteiger partial charge in [0.15, 0.2) is 11.5 Å². The largest absolute Gasteiger partial charge is 0.493 e. The molecule has 146 valence electrons. The molecule has 0 amide bonds. The van der Waals surface area contributed by atoms with E-state index in [2.05, 4.69) is 78.1 Å². The van der Waals surface area contributed by atoms with E-state index in [1.807, 2.05) is 6.07 Å². The molecule has 0 bridgehead atoms. The highest BCUT2D eigenvalue weighted by atomic mass is 16.5. The third-order valence-corrected chi connectivity index (χ3v) is 4.94. The first kappa shape index (κ1) is 20.0. The minimum Gasteiger partial charge on any atom is -0.493 e. The first-order chi connectivity index (χ1) is 13.8. The Morgan fingerprint density at radius 2 is 1.25 bits per heavy atom. The molecule has 0 aliphatic heterocycles. The van der Waals surface area contributed by atoms with Crippen LogP contribution >= 0.6 is 0 Å². The van der Waals surface area contributed by atoms with Crippen molar-refractivity contribution >= 4 is 0 Å². The summed E-state index contributed by atoms with van der Waals surface area (Å²) in [7, 11) is 3.34. The van der Waals surface area contributed by atoms with E-state index in [9.17, 15) is 0 Å². The Morgan fingerprint density at radius 1 is 0.679 bits per heavy atom. The maximum Gasteiger partial charge on any atom is 0.160 e. The molecule has 1 N–H and O–H groups in total. The molecule has 0 saturated carbocycles. The molecule has 3 nitrogen and oxygen atoms in total. The Bertz CT molecular complexity index is 792. The summed E-state index contributed by atoms with van der Waals surface area (Å²) >= 11 is 0. The van der Waals surface area contributed by atoms with Gasteiger partial charge in [-0.15, -0.1) is 0 Å². The van der Waals surface area contributed by atoms with Gasteiger partial charge in [0.25, 0.3) is 0 Å². The Kier molecular flexibility index (Phi) is 7.51. The molecule has 0 atom stereocenters. The predicted octanol–water partition coefficient (Wildman–Crippen LogP) is 4.69. The molecule has 0 aliphatic rings. The lowest BCUT2D eigenvalue weighted by molar-refractivity contribution is 0.354. The number of benzene rings is 3. The fourth-order valence-corrected chi connectivity index (χ4v) is 3.47. The molecule has 3 heteroatoms. The number of nitrogens with one attached hydrogen (secondary N) is 1. The van der Waals surface area contributed by atoms with Crippen molar-refractivity contribution in [3.63, 3.8) is 0 Å². The highest BCUT2D eigenvalue weighted by molar-refractivity contribution is 5.43. The van der Waals surface area contributed by atoms with Crippen LogP contribution in [-0.4, -0.2) is 26.8 Å². The molecule has 0 aromatic heterocycles. The lowest BCUT2D eigenvalue weighted by atomic mass is 9.98. The molecule has 3 rings (SSSR count). The van der Waals surface area contributed by atoms with Crippen LogP contribution < -0.4 is 14.8 Å². The maximum absolute atomic E-state index is 5.42. The summed E-state index contributed by atoms with van der Waals surface area (Å²) in [5.74, 6) is 1.55. The summed E-state index contributed by atoms with van der Waals surface area (Å²) in [6.45, 7) is 0.916. The van der Waals surface area contributed by atoms with E-state index in [-0.39, 0.29) is 0 Å². The van der Waals surface area contributed by atoms with Crippen molar-refractivity contribution in [2.45, 2.75) is 25.3 Å². The smallest absolute Gasteiger partial charge is 0.160 e. The fraction of sp³-hybridized carbons (Fsp3) is 0.280. The van der Waals surface area contributed by atoms with Gasteiger partial charge in [0, 0.05) is 6.04 Å². The van der Waals surface area contributed by atoms with Crippen LogP contribution in [0, 0.1) is 0 Å². The van der Waals surface area contributed by atoms with Crippen LogP contribution in [0.3, 0.4) is 0 Å². The standard InChI is InChI=1S/C25H29NO2/c1-27-24-14-13-22(19-25(24)28-2)15-16-26-23(17-20-9-5-3-6-10-20)18-21-11-7-4-8-12-21/h3-14,19,23,26H,15-18H2,1-2H3. The zero-order valence-corrected chi connectivity index (χ0v) is 16.7. The van der Waals surface area contributed by atoms with Crippen molar-refractivity contribution in [1.29, 1.82) is 0 Å². The topological polar surface area (TPSA) is 30.5 Å².